The van der Waals surface area contributed by atoms with Crippen LogP contribution < -0.4 is 5.32 Å². The molecule has 0 spiro atoms. The van der Waals surface area contributed by atoms with Crippen molar-refractivity contribution in [3.05, 3.63) is 0 Å². The van der Waals surface area contributed by atoms with E-state index < -0.39 is 0 Å². The number of piperidine rings is 1. The van der Waals surface area contributed by atoms with Crippen molar-refractivity contribution in [1.29, 1.82) is 0 Å². The van der Waals surface area contributed by atoms with Gasteiger partial charge in [-0.15, -0.1) is 0 Å². The van der Waals surface area contributed by atoms with Crippen molar-refractivity contribution in [2.45, 2.75) is 84.2 Å². The molecule has 0 aromatic rings. The first-order valence-corrected chi connectivity index (χ1v) is 9.07. The first-order chi connectivity index (χ1) is 10.5. The molecule has 2 aliphatic rings. The smallest absolute Gasteiger partial charge is 0.243 e. The molecule has 0 bridgehead atoms. The summed E-state index contributed by atoms with van der Waals surface area (Å²) < 4.78 is 0. The molecule has 2 amide bonds. The van der Waals surface area contributed by atoms with E-state index in [-0.39, 0.29) is 17.9 Å². The monoisotopic (exact) mass is 308 g/mol. The molecular weight excluding hydrogens is 276 g/mol. The van der Waals surface area contributed by atoms with Crippen molar-refractivity contribution in [3.8, 4) is 0 Å². The second-order valence-corrected chi connectivity index (χ2v) is 7.67. The summed E-state index contributed by atoms with van der Waals surface area (Å²) in [5.74, 6) is 1.34. The second kappa shape index (κ2) is 7.98. The lowest BCUT2D eigenvalue weighted by Crippen LogP contribution is -2.54. The number of nitrogens with one attached hydrogen (secondary N) is 1. The molecule has 0 radical (unpaired) electrons. The van der Waals surface area contributed by atoms with E-state index in [9.17, 15) is 9.59 Å². The zero-order valence-electron chi connectivity index (χ0n) is 14.4. The average Bonchev–Trinajstić information content (AvgIpc) is 2.45. The Kier molecular flexibility index (Phi) is 6.27. The van der Waals surface area contributed by atoms with Gasteiger partial charge in [-0.05, 0) is 43.9 Å². The fourth-order valence-corrected chi connectivity index (χ4v) is 3.84. The number of carbonyl (C=O) groups is 2. The maximum atomic E-state index is 12.8. The highest BCUT2D eigenvalue weighted by molar-refractivity contribution is 5.88. The molecule has 126 valence electrons. The minimum Gasteiger partial charge on any atom is -0.352 e. The van der Waals surface area contributed by atoms with E-state index in [2.05, 4.69) is 26.1 Å². The van der Waals surface area contributed by atoms with Crippen molar-refractivity contribution >= 4 is 11.8 Å². The molecule has 2 fully saturated rings. The Hall–Kier alpha value is -1.06. The van der Waals surface area contributed by atoms with Crippen molar-refractivity contribution in [1.82, 2.24) is 10.2 Å². The summed E-state index contributed by atoms with van der Waals surface area (Å²) in [7, 11) is 0. The Morgan fingerprint density at radius 1 is 1.27 bits per heavy atom. The molecule has 3 atom stereocenters. The molecule has 1 N–H and O–H groups in total. The van der Waals surface area contributed by atoms with Gasteiger partial charge >= 0.3 is 0 Å². The van der Waals surface area contributed by atoms with Gasteiger partial charge < -0.3 is 10.2 Å². The molecule has 1 saturated heterocycles. The minimum atomic E-state index is -0.273. The van der Waals surface area contributed by atoms with E-state index >= 15 is 0 Å². The number of carbonyl (C=O) groups excluding carboxylic acids is 2. The van der Waals surface area contributed by atoms with Crippen LogP contribution in [0.1, 0.15) is 72.1 Å². The molecule has 0 aromatic carbocycles. The Morgan fingerprint density at radius 2 is 2.05 bits per heavy atom. The third kappa shape index (κ3) is 4.72. The molecule has 1 heterocycles. The van der Waals surface area contributed by atoms with Crippen LogP contribution in [0.3, 0.4) is 0 Å². The van der Waals surface area contributed by atoms with Gasteiger partial charge in [0.25, 0.3) is 0 Å². The Labute approximate surface area is 135 Å². The normalized spacial score (nSPS) is 27.8. The van der Waals surface area contributed by atoms with Crippen LogP contribution in [0.15, 0.2) is 0 Å². The van der Waals surface area contributed by atoms with Gasteiger partial charge in [0, 0.05) is 19.0 Å². The Bertz CT molecular complexity index is 395. The van der Waals surface area contributed by atoms with E-state index in [1.165, 1.54) is 12.8 Å². The first-order valence-electron chi connectivity index (χ1n) is 9.07. The van der Waals surface area contributed by atoms with Gasteiger partial charge in [0.2, 0.25) is 11.8 Å². The van der Waals surface area contributed by atoms with Crippen molar-refractivity contribution in [2.24, 2.45) is 11.8 Å². The summed E-state index contributed by atoms with van der Waals surface area (Å²) in [6.07, 6.45) is 7.98. The first kappa shape index (κ1) is 17.3. The highest BCUT2D eigenvalue weighted by Crippen LogP contribution is 2.25. The molecule has 1 saturated carbocycles. The van der Waals surface area contributed by atoms with E-state index in [4.69, 9.17) is 0 Å². The van der Waals surface area contributed by atoms with Gasteiger partial charge in [0.15, 0.2) is 0 Å². The zero-order chi connectivity index (χ0) is 16.1. The van der Waals surface area contributed by atoms with Crippen LogP contribution in [0.5, 0.6) is 0 Å². The van der Waals surface area contributed by atoms with Crippen molar-refractivity contribution < 1.29 is 9.59 Å². The Balaban J connectivity index is 2.00. The molecular formula is C18H32N2O2. The van der Waals surface area contributed by atoms with E-state index in [1.54, 1.807) is 0 Å². The van der Waals surface area contributed by atoms with E-state index in [1.807, 2.05) is 4.90 Å². The number of hydrogen-bond donors (Lipinski definition) is 1. The third-order valence-corrected chi connectivity index (χ3v) is 5.02. The summed E-state index contributed by atoms with van der Waals surface area (Å²) in [6, 6.07) is 0.0239. The van der Waals surface area contributed by atoms with Gasteiger partial charge in [0.05, 0.1) is 0 Å². The highest BCUT2D eigenvalue weighted by atomic mass is 16.2. The average molecular weight is 308 g/mol. The van der Waals surface area contributed by atoms with Crippen molar-refractivity contribution in [3.63, 3.8) is 0 Å². The quantitative estimate of drug-likeness (QED) is 0.848. The minimum absolute atomic E-state index is 0.0723. The predicted octanol–water partition coefficient (Wildman–Crippen LogP) is 3.11. The standard InChI is InChI=1S/C18H32N2O2/c1-13(2)11-16(20-10-5-4-9-17(20)21)18(22)19-15-8-6-7-14(3)12-15/h13-16H,4-12H2,1-3H3,(H,19,22)/t14-,15+,16+/m0/s1. The van der Waals surface area contributed by atoms with Gasteiger partial charge in [0.1, 0.15) is 6.04 Å². The number of rotatable bonds is 5. The van der Waals surface area contributed by atoms with Gasteiger partial charge in [-0.3, -0.25) is 9.59 Å². The van der Waals surface area contributed by atoms with Gasteiger partial charge in [-0.25, -0.2) is 0 Å². The fraction of sp³-hybridized carbons (Fsp3) is 0.889. The predicted molar refractivity (Wildman–Crippen MR) is 88.4 cm³/mol. The van der Waals surface area contributed by atoms with Crippen molar-refractivity contribution in [2.75, 3.05) is 6.54 Å². The van der Waals surface area contributed by atoms with Crippen LogP contribution in [-0.2, 0) is 9.59 Å². The number of hydrogen-bond acceptors (Lipinski definition) is 2. The van der Waals surface area contributed by atoms with Gasteiger partial charge in [-0.2, -0.15) is 0 Å². The van der Waals surface area contributed by atoms with Crippen LogP contribution in [-0.4, -0.2) is 35.3 Å². The highest BCUT2D eigenvalue weighted by Gasteiger charge is 2.33. The molecule has 4 heteroatoms. The van der Waals surface area contributed by atoms with Crippen LogP contribution in [0.2, 0.25) is 0 Å². The molecule has 22 heavy (non-hydrogen) atoms. The lowest BCUT2D eigenvalue weighted by Gasteiger charge is -2.36. The zero-order valence-corrected chi connectivity index (χ0v) is 14.4. The van der Waals surface area contributed by atoms with Crippen LogP contribution in [0.25, 0.3) is 0 Å². The molecule has 1 aliphatic carbocycles. The number of likely N-dealkylation sites (tertiary alicyclic amines) is 1. The Morgan fingerprint density at radius 3 is 2.68 bits per heavy atom. The van der Waals surface area contributed by atoms with Crippen LogP contribution in [0.4, 0.5) is 0 Å². The topological polar surface area (TPSA) is 49.4 Å². The lowest BCUT2D eigenvalue weighted by atomic mass is 9.87. The molecule has 0 aromatic heterocycles. The summed E-state index contributed by atoms with van der Waals surface area (Å²) in [5.41, 5.74) is 0. The molecule has 4 nitrogen and oxygen atoms in total. The number of nitrogens with zero attached hydrogens (tertiary/aromatic N) is 1. The maximum Gasteiger partial charge on any atom is 0.243 e. The molecule has 2 rings (SSSR count). The third-order valence-electron chi connectivity index (χ3n) is 5.02. The summed E-state index contributed by atoms with van der Waals surface area (Å²) in [5, 5.41) is 3.24. The second-order valence-electron chi connectivity index (χ2n) is 7.67. The van der Waals surface area contributed by atoms with Crippen LogP contribution >= 0.6 is 0 Å². The largest absolute Gasteiger partial charge is 0.352 e. The van der Waals surface area contributed by atoms with E-state index in [0.717, 1.165) is 38.6 Å². The maximum absolute atomic E-state index is 12.8. The SMILES string of the molecule is CC(C)C[C@H](C(=O)N[C@@H]1CCC[C@H](C)C1)N1CCCCC1=O. The number of amides is 2. The van der Waals surface area contributed by atoms with Gasteiger partial charge in [-0.1, -0.05) is 33.6 Å². The summed E-state index contributed by atoms with van der Waals surface area (Å²) >= 11 is 0. The molecule has 1 aliphatic heterocycles. The summed E-state index contributed by atoms with van der Waals surface area (Å²) in [4.78, 5) is 26.8. The molecule has 0 unspecified atom stereocenters. The fourth-order valence-electron chi connectivity index (χ4n) is 3.84. The van der Waals surface area contributed by atoms with E-state index in [0.29, 0.717) is 24.3 Å². The lowest BCUT2D eigenvalue weighted by molar-refractivity contribution is -0.143. The van der Waals surface area contributed by atoms with Crippen LogP contribution in [0, 0.1) is 11.8 Å². The summed E-state index contributed by atoms with van der Waals surface area (Å²) in [6.45, 7) is 7.25.